The Hall–Kier alpha value is -2.03. The van der Waals surface area contributed by atoms with Gasteiger partial charge in [0.1, 0.15) is 16.7 Å². The molecule has 2 rings (SSSR count). The van der Waals surface area contributed by atoms with E-state index in [1.165, 1.54) is 24.5 Å². The number of carbonyl (C=O) groups excluding carboxylic acids is 1. The zero-order chi connectivity index (χ0) is 13.8. The molecular weight excluding hydrogens is 284 g/mol. The highest BCUT2D eigenvalue weighted by Gasteiger charge is 2.15. The molecule has 0 saturated carbocycles. The van der Waals surface area contributed by atoms with Crippen molar-refractivity contribution in [3.63, 3.8) is 0 Å². The molecule has 0 unspecified atom stereocenters. The van der Waals surface area contributed by atoms with E-state index in [0.29, 0.717) is 26.9 Å². The van der Waals surface area contributed by atoms with Crippen LogP contribution in [0.1, 0.15) is 15.2 Å². The summed E-state index contributed by atoms with van der Waals surface area (Å²) in [6.45, 7) is 0. The molecule has 0 fully saturated rings. The Morgan fingerprint density at radius 2 is 2.26 bits per heavy atom. The molecule has 19 heavy (non-hydrogen) atoms. The van der Waals surface area contributed by atoms with Crippen LogP contribution < -0.4 is 10.1 Å². The molecule has 0 aliphatic heterocycles. The first-order valence-electron chi connectivity index (χ1n) is 5.28. The quantitative estimate of drug-likeness (QED) is 0.941. The number of ether oxygens (including phenoxy) is 1. The van der Waals surface area contributed by atoms with Crippen LogP contribution in [0, 0.1) is 11.3 Å². The van der Waals surface area contributed by atoms with E-state index in [2.05, 4.69) is 5.32 Å². The fraction of sp³-hybridized carbons (Fsp3) is 0.0769. The summed E-state index contributed by atoms with van der Waals surface area (Å²) in [5, 5.41) is 13.9. The predicted octanol–water partition coefficient (Wildman–Crippen LogP) is 3.53. The number of methoxy groups -OCH3 is 1. The smallest absolute Gasteiger partial charge is 0.269 e. The SMILES string of the molecule is COc1ccsc1C(=O)Nc1cc(Cl)ccc1C#N. The van der Waals surface area contributed by atoms with Gasteiger partial charge in [0.2, 0.25) is 0 Å². The van der Waals surface area contributed by atoms with Crippen molar-refractivity contribution in [2.24, 2.45) is 0 Å². The number of carbonyl (C=O) groups is 1. The van der Waals surface area contributed by atoms with Gasteiger partial charge in [-0.15, -0.1) is 11.3 Å². The van der Waals surface area contributed by atoms with Gasteiger partial charge in [-0.05, 0) is 29.6 Å². The monoisotopic (exact) mass is 292 g/mol. The molecule has 4 nitrogen and oxygen atoms in total. The number of halogens is 1. The average Bonchev–Trinajstić information content (AvgIpc) is 2.87. The van der Waals surface area contributed by atoms with Gasteiger partial charge < -0.3 is 10.1 Å². The number of amides is 1. The van der Waals surface area contributed by atoms with Gasteiger partial charge in [-0.1, -0.05) is 11.6 Å². The molecule has 0 atom stereocenters. The van der Waals surface area contributed by atoms with Gasteiger partial charge >= 0.3 is 0 Å². The lowest BCUT2D eigenvalue weighted by molar-refractivity contribution is 0.102. The highest BCUT2D eigenvalue weighted by molar-refractivity contribution is 7.12. The molecular formula is C13H9ClN2O2S. The van der Waals surface area contributed by atoms with Crippen LogP contribution in [-0.4, -0.2) is 13.0 Å². The summed E-state index contributed by atoms with van der Waals surface area (Å²) < 4.78 is 5.08. The molecule has 0 aliphatic carbocycles. The molecule has 6 heteroatoms. The van der Waals surface area contributed by atoms with Crippen molar-refractivity contribution < 1.29 is 9.53 Å². The van der Waals surface area contributed by atoms with E-state index in [4.69, 9.17) is 21.6 Å². The third-order valence-electron chi connectivity index (χ3n) is 2.41. The summed E-state index contributed by atoms with van der Waals surface area (Å²) >= 11 is 7.12. The van der Waals surface area contributed by atoms with Crippen LogP contribution in [0.5, 0.6) is 5.75 Å². The Morgan fingerprint density at radius 1 is 1.47 bits per heavy atom. The Kier molecular flexibility index (Phi) is 4.05. The largest absolute Gasteiger partial charge is 0.495 e. The summed E-state index contributed by atoms with van der Waals surface area (Å²) in [6.07, 6.45) is 0. The van der Waals surface area contributed by atoms with Crippen LogP contribution in [0.2, 0.25) is 5.02 Å². The Labute approximate surface area is 119 Å². The highest BCUT2D eigenvalue weighted by atomic mass is 35.5. The lowest BCUT2D eigenvalue weighted by Crippen LogP contribution is -2.12. The fourth-order valence-corrected chi connectivity index (χ4v) is 2.45. The molecule has 96 valence electrons. The van der Waals surface area contributed by atoms with Gasteiger partial charge in [-0.2, -0.15) is 5.26 Å². The zero-order valence-electron chi connectivity index (χ0n) is 9.94. The van der Waals surface area contributed by atoms with Gasteiger partial charge in [0, 0.05) is 5.02 Å². The second kappa shape index (κ2) is 5.74. The van der Waals surface area contributed by atoms with Crippen molar-refractivity contribution in [3.8, 4) is 11.8 Å². The predicted molar refractivity (Wildman–Crippen MR) is 75.0 cm³/mol. The minimum Gasteiger partial charge on any atom is -0.495 e. The molecule has 0 spiro atoms. The number of hydrogen-bond donors (Lipinski definition) is 1. The van der Waals surface area contributed by atoms with E-state index in [0.717, 1.165) is 0 Å². The van der Waals surface area contributed by atoms with Crippen LogP contribution >= 0.6 is 22.9 Å². The van der Waals surface area contributed by atoms with Crippen LogP contribution in [0.3, 0.4) is 0 Å². The minimum atomic E-state index is -0.328. The van der Waals surface area contributed by atoms with E-state index < -0.39 is 0 Å². The van der Waals surface area contributed by atoms with Crippen LogP contribution in [0.4, 0.5) is 5.69 Å². The van der Waals surface area contributed by atoms with E-state index in [-0.39, 0.29) is 5.91 Å². The number of thiophene rings is 1. The van der Waals surface area contributed by atoms with Crippen molar-refractivity contribution in [3.05, 3.63) is 45.1 Å². The van der Waals surface area contributed by atoms with Gasteiger partial charge in [-0.25, -0.2) is 0 Å². The van der Waals surface area contributed by atoms with Crippen molar-refractivity contribution >= 4 is 34.5 Å². The first kappa shape index (κ1) is 13.4. The third kappa shape index (κ3) is 2.87. The number of rotatable bonds is 3. The minimum absolute atomic E-state index is 0.328. The number of nitrogens with one attached hydrogen (secondary N) is 1. The van der Waals surface area contributed by atoms with Crippen LogP contribution in [0.25, 0.3) is 0 Å². The lowest BCUT2D eigenvalue weighted by atomic mass is 10.2. The zero-order valence-corrected chi connectivity index (χ0v) is 11.5. The first-order valence-corrected chi connectivity index (χ1v) is 6.54. The number of nitriles is 1. The standard InChI is InChI=1S/C13H9ClN2O2S/c1-18-11-4-5-19-12(11)13(17)16-10-6-9(14)3-2-8(10)7-15/h2-6H,1H3,(H,16,17). The number of hydrogen-bond acceptors (Lipinski definition) is 4. The summed E-state index contributed by atoms with van der Waals surface area (Å²) in [4.78, 5) is 12.6. The van der Waals surface area contributed by atoms with Gasteiger partial charge in [0.15, 0.2) is 0 Å². The van der Waals surface area contributed by atoms with E-state index in [1.54, 1.807) is 23.6 Å². The molecule has 1 N–H and O–H groups in total. The number of anilines is 1. The molecule has 1 aromatic carbocycles. The number of nitrogens with zero attached hydrogens (tertiary/aromatic N) is 1. The molecule has 0 saturated heterocycles. The van der Waals surface area contributed by atoms with Gasteiger partial charge in [-0.3, -0.25) is 4.79 Å². The molecule has 0 bridgehead atoms. The van der Waals surface area contributed by atoms with Crippen molar-refractivity contribution in [1.82, 2.24) is 0 Å². The third-order valence-corrected chi connectivity index (χ3v) is 3.54. The van der Waals surface area contributed by atoms with Crippen molar-refractivity contribution in [2.45, 2.75) is 0 Å². The fourth-order valence-electron chi connectivity index (χ4n) is 1.52. The maximum atomic E-state index is 12.1. The highest BCUT2D eigenvalue weighted by Crippen LogP contribution is 2.27. The van der Waals surface area contributed by atoms with E-state index in [9.17, 15) is 4.79 Å². The maximum Gasteiger partial charge on any atom is 0.269 e. The summed E-state index contributed by atoms with van der Waals surface area (Å²) in [7, 11) is 1.50. The maximum absolute atomic E-state index is 12.1. The summed E-state index contributed by atoms with van der Waals surface area (Å²) in [5.41, 5.74) is 0.740. The second-order valence-electron chi connectivity index (χ2n) is 3.57. The van der Waals surface area contributed by atoms with E-state index in [1.807, 2.05) is 6.07 Å². The first-order chi connectivity index (χ1) is 9.15. The molecule has 2 aromatic rings. The number of benzene rings is 1. The average molecular weight is 293 g/mol. The molecule has 1 amide bonds. The molecule has 0 radical (unpaired) electrons. The Bertz CT molecular complexity index is 661. The molecule has 1 aromatic heterocycles. The lowest BCUT2D eigenvalue weighted by Gasteiger charge is -2.07. The van der Waals surface area contributed by atoms with Gasteiger partial charge in [0.25, 0.3) is 5.91 Å². The Morgan fingerprint density at radius 3 is 2.95 bits per heavy atom. The second-order valence-corrected chi connectivity index (χ2v) is 4.93. The summed E-state index contributed by atoms with van der Waals surface area (Å²) in [5.74, 6) is 0.175. The normalized spacial score (nSPS) is 9.74. The molecule has 0 aliphatic rings. The topological polar surface area (TPSA) is 62.1 Å². The van der Waals surface area contributed by atoms with Gasteiger partial charge in [0.05, 0.1) is 18.4 Å². The van der Waals surface area contributed by atoms with Crippen LogP contribution in [-0.2, 0) is 0 Å². The van der Waals surface area contributed by atoms with E-state index >= 15 is 0 Å². The molecule has 1 heterocycles. The van der Waals surface area contributed by atoms with Crippen molar-refractivity contribution in [1.29, 1.82) is 5.26 Å². The Balaban J connectivity index is 2.29. The van der Waals surface area contributed by atoms with Crippen LogP contribution in [0.15, 0.2) is 29.6 Å². The summed E-state index contributed by atoms with van der Waals surface area (Å²) in [6, 6.07) is 8.41. The van der Waals surface area contributed by atoms with Crippen molar-refractivity contribution in [2.75, 3.05) is 12.4 Å².